The second kappa shape index (κ2) is 7.47. The van der Waals surface area contributed by atoms with Gasteiger partial charge < -0.3 is 9.30 Å². The van der Waals surface area contributed by atoms with E-state index in [9.17, 15) is 9.18 Å². The molecule has 0 saturated carbocycles. The average molecular weight is 389 g/mol. The van der Waals surface area contributed by atoms with Gasteiger partial charge in [-0.1, -0.05) is 5.21 Å². The third-order valence-corrected chi connectivity index (χ3v) is 4.08. The number of hydrogen-bond donors (Lipinski definition) is 0. The number of rotatable bonds is 4. The Morgan fingerprint density at radius 3 is 2.85 bits per heavy atom. The topological polar surface area (TPSA) is 89.0 Å². The number of cyclic esters (lactones) is 1. The normalized spacial score (nSPS) is 15.9. The fraction of sp³-hybridized carbons (Fsp3) is 0.176. The van der Waals surface area contributed by atoms with Crippen LogP contribution in [-0.4, -0.2) is 38.3 Å². The van der Waals surface area contributed by atoms with Gasteiger partial charge in [-0.25, -0.2) is 13.9 Å². The monoisotopic (exact) mass is 388 g/mol. The van der Waals surface area contributed by atoms with Crippen molar-refractivity contribution in [2.24, 2.45) is 0 Å². The maximum Gasteiger partial charge on any atom is 0.414 e. The van der Waals surface area contributed by atoms with E-state index in [4.69, 9.17) is 10.00 Å². The first-order valence-electron chi connectivity index (χ1n) is 7.84. The van der Waals surface area contributed by atoms with Gasteiger partial charge in [0.05, 0.1) is 36.2 Å². The summed E-state index contributed by atoms with van der Waals surface area (Å²) < 4.78 is 22.9. The van der Waals surface area contributed by atoms with Gasteiger partial charge in [-0.05, 0) is 24.3 Å². The van der Waals surface area contributed by atoms with E-state index in [1.54, 1.807) is 41.5 Å². The molecule has 0 N–H and O–H groups in total. The molecule has 0 aliphatic carbocycles. The van der Waals surface area contributed by atoms with Gasteiger partial charge in [-0.3, -0.25) is 4.90 Å². The molecule has 0 unspecified atom stereocenters. The zero-order chi connectivity index (χ0) is 18.1. The Morgan fingerprint density at radius 1 is 1.33 bits per heavy atom. The number of ether oxygens (including phenoxy) is 1. The first-order valence-corrected chi connectivity index (χ1v) is 7.84. The number of halogens is 2. The molecule has 1 atom stereocenters. The van der Waals surface area contributed by atoms with Gasteiger partial charge in [0.2, 0.25) is 0 Å². The van der Waals surface area contributed by atoms with Crippen molar-refractivity contribution in [3.05, 3.63) is 60.4 Å². The molecule has 0 bridgehead atoms. The van der Waals surface area contributed by atoms with Crippen LogP contribution in [0.1, 0.15) is 5.56 Å². The van der Waals surface area contributed by atoms with Crippen molar-refractivity contribution in [1.82, 2.24) is 19.6 Å². The van der Waals surface area contributed by atoms with Crippen LogP contribution in [0.4, 0.5) is 14.9 Å². The summed E-state index contributed by atoms with van der Waals surface area (Å²) in [5, 5.41) is 16.4. The van der Waals surface area contributed by atoms with Gasteiger partial charge in [0.15, 0.2) is 0 Å². The minimum Gasteiger partial charge on any atom is -0.442 e. The molecular formula is C17H14ClFN6O2. The van der Waals surface area contributed by atoms with Crippen molar-refractivity contribution in [2.75, 3.05) is 11.4 Å². The number of benzene rings is 1. The molecule has 8 nitrogen and oxygen atoms in total. The highest BCUT2D eigenvalue weighted by Crippen LogP contribution is 2.26. The predicted molar refractivity (Wildman–Crippen MR) is 95.3 cm³/mol. The van der Waals surface area contributed by atoms with Crippen LogP contribution in [0, 0.1) is 17.1 Å². The second-order valence-electron chi connectivity index (χ2n) is 5.80. The lowest BCUT2D eigenvalue weighted by Crippen LogP contribution is -2.26. The van der Waals surface area contributed by atoms with Crippen LogP contribution < -0.4 is 4.90 Å². The van der Waals surface area contributed by atoms with E-state index in [-0.39, 0.29) is 12.4 Å². The Bertz CT molecular complexity index is 997. The number of carbonyl (C=O) groups excluding carboxylic acids is 1. The standard InChI is InChI=1S/C17H13FN6O2.ClH/c18-15-7-13(1-2-16(15)22-5-3-12(8-19)9-22)24-11-14(26-17(24)25)10-23-6-4-20-21-23;/h1-7,9,14H,10-11H2;1H/t14-;/m0./s1. The lowest BCUT2D eigenvalue weighted by Gasteiger charge is -2.14. The van der Waals surface area contributed by atoms with E-state index in [1.807, 2.05) is 6.07 Å². The van der Waals surface area contributed by atoms with Crippen LogP contribution in [0.5, 0.6) is 0 Å². The molecule has 3 heterocycles. The summed E-state index contributed by atoms with van der Waals surface area (Å²) in [6.07, 6.45) is 5.44. The minimum absolute atomic E-state index is 0. The molecule has 4 rings (SSSR count). The first kappa shape index (κ1) is 18.4. The van der Waals surface area contributed by atoms with Crippen LogP contribution in [0.2, 0.25) is 0 Å². The molecule has 1 amide bonds. The molecular weight excluding hydrogens is 375 g/mol. The van der Waals surface area contributed by atoms with Gasteiger partial charge in [-0.15, -0.1) is 17.5 Å². The fourth-order valence-corrected chi connectivity index (χ4v) is 2.85. The molecule has 1 fully saturated rings. The Balaban J connectivity index is 0.00000210. The maximum absolute atomic E-state index is 14.5. The quantitative estimate of drug-likeness (QED) is 0.685. The predicted octanol–water partition coefficient (Wildman–Crippen LogP) is 2.53. The number of aromatic nitrogens is 4. The second-order valence-corrected chi connectivity index (χ2v) is 5.80. The van der Waals surface area contributed by atoms with Gasteiger partial charge in [0, 0.05) is 18.6 Å². The summed E-state index contributed by atoms with van der Waals surface area (Å²) in [4.78, 5) is 13.5. The Kier molecular flexibility index (Phi) is 5.09. The maximum atomic E-state index is 14.5. The molecule has 3 aromatic rings. The number of anilines is 1. The summed E-state index contributed by atoms with van der Waals surface area (Å²) in [6, 6.07) is 8.07. The molecule has 1 saturated heterocycles. The van der Waals surface area contributed by atoms with Crippen LogP contribution >= 0.6 is 12.4 Å². The smallest absolute Gasteiger partial charge is 0.414 e. The molecule has 0 spiro atoms. The van der Waals surface area contributed by atoms with Crippen LogP contribution in [0.25, 0.3) is 5.69 Å². The van der Waals surface area contributed by atoms with E-state index < -0.39 is 18.0 Å². The SMILES string of the molecule is Cl.N#Cc1ccn(-c2ccc(N3C[C@H](Cn4ccnn4)OC3=O)cc2F)c1. The summed E-state index contributed by atoms with van der Waals surface area (Å²) in [5.74, 6) is -0.505. The number of amides is 1. The molecule has 0 radical (unpaired) electrons. The van der Waals surface area contributed by atoms with Gasteiger partial charge in [-0.2, -0.15) is 5.26 Å². The minimum atomic E-state index is -0.532. The highest BCUT2D eigenvalue weighted by molar-refractivity contribution is 5.89. The average Bonchev–Trinajstić information content (AvgIpc) is 3.36. The van der Waals surface area contributed by atoms with Crippen molar-refractivity contribution in [2.45, 2.75) is 12.6 Å². The van der Waals surface area contributed by atoms with Crippen molar-refractivity contribution >= 4 is 24.2 Å². The van der Waals surface area contributed by atoms with Crippen molar-refractivity contribution < 1.29 is 13.9 Å². The van der Waals surface area contributed by atoms with Gasteiger partial charge in [0.25, 0.3) is 0 Å². The molecule has 1 aliphatic rings. The molecule has 2 aromatic heterocycles. The lowest BCUT2D eigenvalue weighted by molar-refractivity contribution is 0.129. The molecule has 10 heteroatoms. The van der Waals surface area contributed by atoms with Gasteiger partial charge >= 0.3 is 6.09 Å². The van der Waals surface area contributed by atoms with E-state index >= 15 is 0 Å². The van der Waals surface area contributed by atoms with E-state index in [2.05, 4.69) is 10.3 Å². The number of nitriles is 1. The highest BCUT2D eigenvalue weighted by Gasteiger charge is 2.33. The molecule has 27 heavy (non-hydrogen) atoms. The fourth-order valence-electron chi connectivity index (χ4n) is 2.85. The third-order valence-electron chi connectivity index (χ3n) is 4.08. The highest BCUT2D eigenvalue weighted by atomic mass is 35.5. The molecule has 138 valence electrons. The lowest BCUT2D eigenvalue weighted by atomic mass is 10.2. The molecule has 1 aromatic carbocycles. The zero-order valence-corrected chi connectivity index (χ0v) is 14.7. The summed E-state index contributed by atoms with van der Waals surface area (Å²) in [5.41, 5.74) is 1.14. The van der Waals surface area contributed by atoms with Crippen LogP contribution in [0.3, 0.4) is 0 Å². The number of carbonyl (C=O) groups is 1. The van der Waals surface area contributed by atoms with Crippen molar-refractivity contribution in [1.29, 1.82) is 5.26 Å². The Labute approximate surface area is 159 Å². The summed E-state index contributed by atoms with van der Waals surface area (Å²) in [6.45, 7) is 0.669. The number of nitrogens with zero attached hydrogens (tertiary/aromatic N) is 6. The van der Waals surface area contributed by atoms with Gasteiger partial charge in [0.1, 0.15) is 18.0 Å². The third kappa shape index (κ3) is 3.61. The zero-order valence-electron chi connectivity index (χ0n) is 13.9. The van der Waals surface area contributed by atoms with Crippen LogP contribution in [-0.2, 0) is 11.3 Å². The summed E-state index contributed by atoms with van der Waals surface area (Å²) in [7, 11) is 0. The Morgan fingerprint density at radius 2 is 2.19 bits per heavy atom. The van der Waals surface area contributed by atoms with Crippen LogP contribution in [0.15, 0.2) is 49.1 Å². The van der Waals surface area contributed by atoms with E-state index in [0.717, 1.165) is 0 Å². The number of hydrogen-bond acceptors (Lipinski definition) is 5. The first-order chi connectivity index (χ1) is 12.6. The van der Waals surface area contributed by atoms with E-state index in [0.29, 0.717) is 30.0 Å². The van der Waals surface area contributed by atoms with E-state index in [1.165, 1.54) is 21.7 Å². The van der Waals surface area contributed by atoms with Crippen molar-refractivity contribution in [3.8, 4) is 11.8 Å². The largest absolute Gasteiger partial charge is 0.442 e. The summed E-state index contributed by atoms with van der Waals surface area (Å²) >= 11 is 0. The van der Waals surface area contributed by atoms with Crippen molar-refractivity contribution in [3.63, 3.8) is 0 Å². The molecule has 1 aliphatic heterocycles. The Hall–Kier alpha value is -3.38.